The highest BCUT2D eigenvalue weighted by Crippen LogP contribution is 2.45. The van der Waals surface area contributed by atoms with Crippen molar-refractivity contribution in [3.05, 3.63) is 80.8 Å². The third kappa shape index (κ3) is 4.01. The van der Waals surface area contributed by atoms with Crippen LogP contribution in [0.2, 0.25) is 15.1 Å². The Bertz CT molecular complexity index is 1290. The fraction of sp³-hybridized carbons (Fsp3) is 0.200. The largest absolute Gasteiger partial charge is 0.480 e. The quantitative estimate of drug-likeness (QED) is 0.415. The van der Waals surface area contributed by atoms with Crippen LogP contribution in [-0.4, -0.2) is 34.6 Å². The Morgan fingerprint density at radius 1 is 1.00 bits per heavy atom. The summed E-state index contributed by atoms with van der Waals surface area (Å²) in [5, 5.41) is 13.7. The van der Waals surface area contributed by atoms with E-state index in [0.29, 0.717) is 52.5 Å². The summed E-state index contributed by atoms with van der Waals surface area (Å²) in [7, 11) is 0. The van der Waals surface area contributed by atoms with Crippen LogP contribution < -0.4 is 10.2 Å². The molecule has 6 nitrogen and oxygen atoms in total. The van der Waals surface area contributed by atoms with Crippen LogP contribution in [0.3, 0.4) is 0 Å². The lowest BCUT2D eigenvalue weighted by Gasteiger charge is -2.39. The molecule has 3 aromatic carbocycles. The lowest BCUT2D eigenvalue weighted by Crippen LogP contribution is -2.51. The number of hydrogen-bond donors (Lipinski definition) is 2. The maximum absolute atomic E-state index is 13.1. The van der Waals surface area contributed by atoms with Crippen LogP contribution >= 0.6 is 34.8 Å². The minimum atomic E-state index is -0.834. The number of carboxylic acid groups (broad SMARTS) is 1. The zero-order valence-corrected chi connectivity index (χ0v) is 20.2. The van der Waals surface area contributed by atoms with Gasteiger partial charge < -0.3 is 10.4 Å². The second-order valence-electron chi connectivity index (χ2n) is 8.30. The molecule has 0 radical (unpaired) electrons. The molecule has 1 fully saturated rings. The molecule has 0 bridgehead atoms. The van der Waals surface area contributed by atoms with Gasteiger partial charge in [0.15, 0.2) is 0 Å². The summed E-state index contributed by atoms with van der Waals surface area (Å²) in [5.41, 5.74) is 4.44. The van der Waals surface area contributed by atoms with Gasteiger partial charge in [0.1, 0.15) is 6.04 Å². The summed E-state index contributed by atoms with van der Waals surface area (Å²) >= 11 is 19.5. The number of amides is 2. The zero-order chi connectivity index (χ0) is 24.0. The van der Waals surface area contributed by atoms with E-state index in [9.17, 15) is 14.7 Å². The molecule has 2 aliphatic heterocycles. The number of anilines is 2. The Morgan fingerprint density at radius 3 is 2.35 bits per heavy atom. The van der Waals surface area contributed by atoms with Crippen molar-refractivity contribution >= 4 is 58.2 Å². The van der Waals surface area contributed by atoms with E-state index in [1.165, 1.54) is 4.90 Å². The summed E-state index contributed by atoms with van der Waals surface area (Å²) in [4.78, 5) is 28.0. The molecule has 34 heavy (non-hydrogen) atoms. The Balaban J connectivity index is 1.70. The van der Waals surface area contributed by atoms with Crippen molar-refractivity contribution in [2.24, 2.45) is 0 Å². The van der Waals surface area contributed by atoms with Gasteiger partial charge in [-0.25, -0.2) is 4.79 Å². The van der Waals surface area contributed by atoms with Crippen LogP contribution in [-0.2, 0) is 17.9 Å². The Morgan fingerprint density at radius 2 is 1.71 bits per heavy atom. The number of benzene rings is 3. The summed E-state index contributed by atoms with van der Waals surface area (Å²) < 4.78 is 0. The van der Waals surface area contributed by atoms with E-state index >= 15 is 0 Å². The number of nitrogens with one attached hydrogen (secondary N) is 1. The number of aliphatic carboxylic acids is 1. The van der Waals surface area contributed by atoms with Crippen molar-refractivity contribution in [2.75, 3.05) is 11.4 Å². The highest BCUT2D eigenvalue weighted by molar-refractivity contribution is 6.40. The third-order valence-corrected chi connectivity index (χ3v) is 7.21. The summed E-state index contributed by atoms with van der Waals surface area (Å²) in [5.74, 6) is -0.834. The van der Waals surface area contributed by atoms with Crippen molar-refractivity contribution in [3.63, 3.8) is 0 Å². The smallest absolute Gasteiger partial charge is 0.326 e. The van der Waals surface area contributed by atoms with Crippen LogP contribution in [0.1, 0.15) is 17.5 Å². The van der Waals surface area contributed by atoms with Crippen molar-refractivity contribution in [1.29, 1.82) is 0 Å². The molecular weight excluding hydrogens is 497 g/mol. The molecule has 2 N–H and O–H groups in total. The molecule has 5 rings (SSSR count). The molecule has 2 heterocycles. The van der Waals surface area contributed by atoms with Gasteiger partial charge in [0, 0.05) is 35.8 Å². The summed E-state index contributed by atoms with van der Waals surface area (Å²) in [6.45, 7) is 1.42. The maximum Gasteiger partial charge on any atom is 0.326 e. The maximum atomic E-state index is 13.1. The number of urea groups is 1. The number of hydrogen-bond acceptors (Lipinski definition) is 3. The number of nitrogens with zero attached hydrogens (tertiary/aromatic N) is 2. The number of likely N-dealkylation sites (tertiary alicyclic amines) is 1. The van der Waals surface area contributed by atoms with Crippen LogP contribution in [0.5, 0.6) is 0 Å². The van der Waals surface area contributed by atoms with E-state index in [4.69, 9.17) is 34.8 Å². The first-order chi connectivity index (χ1) is 16.3. The van der Waals surface area contributed by atoms with Gasteiger partial charge in [0.25, 0.3) is 0 Å². The number of carbonyl (C=O) groups is 2. The van der Waals surface area contributed by atoms with Crippen molar-refractivity contribution in [1.82, 2.24) is 10.2 Å². The lowest BCUT2D eigenvalue weighted by molar-refractivity contribution is -0.148. The average molecular weight is 517 g/mol. The van der Waals surface area contributed by atoms with Crippen LogP contribution in [0.4, 0.5) is 16.2 Å². The normalized spacial score (nSPS) is 17.7. The minimum Gasteiger partial charge on any atom is -0.480 e. The minimum absolute atomic E-state index is 0.301. The Kier molecular flexibility index (Phi) is 6.16. The zero-order valence-electron chi connectivity index (χ0n) is 17.9. The first-order valence-electron chi connectivity index (χ1n) is 10.7. The number of para-hydroxylation sites is 1. The molecule has 0 aromatic heterocycles. The molecular formula is C25H20Cl3N3O3. The highest BCUT2D eigenvalue weighted by Gasteiger charge is 2.35. The van der Waals surface area contributed by atoms with Crippen molar-refractivity contribution in [2.45, 2.75) is 25.6 Å². The lowest BCUT2D eigenvalue weighted by atomic mass is 9.92. The predicted octanol–water partition coefficient (Wildman–Crippen LogP) is 6.33. The molecule has 2 aliphatic rings. The number of fused-ring (bicyclic) bond motifs is 1. The van der Waals surface area contributed by atoms with E-state index < -0.39 is 12.0 Å². The molecule has 3 aromatic rings. The van der Waals surface area contributed by atoms with Gasteiger partial charge >= 0.3 is 12.0 Å². The van der Waals surface area contributed by atoms with Gasteiger partial charge in [-0.05, 0) is 47.9 Å². The molecule has 0 aliphatic carbocycles. The third-order valence-electron chi connectivity index (χ3n) is 6.27. The number of halogens is 3. The van der Waals surface area contributed by atoms with Crippen LogP contribution in [0.15, 0.2) is 54.6 Å². The number of rotatable bonds is 5. The number of carbonyl (C=O) groups excluding carboxylic acids is 1. The van der Waals surface area contributed by atoms with Gasteiger partial charge in [-0.1, -0.05) is 59.1 Å². The first-order valence-corrected chi connectivity index (χ1v) is 11.9. The topological polar surface area (TPSA) is 72.9 Å². The van der Waals surface area contributed by atoms with Crippen molar-refractivity contribution in [3.8, 4) is 11.1 Å². The summed E-state index contributed by atoms with van der Waals surface area (Å²) in [6, 6.07) is 15.6. The summed E-state index contributed by atoms with van der Waals surface area (Å²) in [6.07, 6.45) is 0.613. The Hall–Kier alpha value is -2.77. The van der Waals surface area contributed by atoms with Crippen LogP contribution in [0.25, 0.3) is 11.1 Å². The molecule has 1 atom stereocenters. The highest BCUT2D eigenvalue weighted by atomic mass is 35.5. The second-order valence-corrected chi connectivity index (χ2v) is 9.52. The fourth-order valence-corrected chi connectivity index (χ4v) is 5.34. The van der Waals surface area contributed by atoms with E-state index in [1.807, 2.05) is 41.3 Å². The monoisotopic (exact) mass is 515 g/mol. The molecule has 2 amide bonds. The first kappa shape index (κ1) is 23.0. The standard InChI is InChI=1S/C25H20Cl3N3O3/c26-18-5-2-1-4-15(18)16-10-14(13-30-9-8-21(30)24(32)33)11-22-17(16)12-29-25(34)31(22)23-19(27)6-3-7-20(23)28/h1-7,10-11,21H,8-9,12-13H2,(H,29,34)(H,32,33)/t21-/m0/s1. The van der Waals surface area contributed by atoms with E-state index in [2.05, 4.69) is 5.32 Å². The van der Waals surface area contributed by atoms with Gasteiger partial charge in [-0.2, -0.15) is 0 Å². The molecule has 9 heteroatoms. The fourth-order valence-electron chi connectivity index (χ4n) is 4.53. The van der Waals surface area contributed by atoms with E-state index in [1.54, 1.807) is 18.2 Å². The SMILES string of the molecule is O=C(O)[C@@H]1CCN1Cc1cc(-c2ccccc2Cl)c2c(c1)N(c1c(Cl)cccc1Cl)C(=O)NC2. The molecule has 1 saturated heterocycles. The van der Waals surface area contributed by atoms with Crippen molar-refractivity contribution < 1.29 is 14.7 Å². The molecule has 0 spiro atoms. The van der Waals surface area contributed by atoms with E-state index in [-0.39, 0.29) is 6.03 Å². The average Bonchev–Trinajstić information content (AvgIpc) is 2.77. The van der Waals surface area contributed by atoms with Gasteiger partial charge in [0.05, 0.1) is 21.4 Å². The van der Waals surface area contributed by atoms with Crippen LogP contribution in [0, 0.1) is 0 Å². The van der Waals surface area contributed by atoms with E-state index in [0.717, 1.165) is 22.3 Å². The van der Waals surface area contributed by atoms with Gasteiger partial charge in [-0.3, -0.25) is 14.6 Å². The van der Waals surface area contributed by atoms with Gasteiger partial charge in [-0.15, -0.1) is 0 Å². The molecule has 0 unspecified atom stereocenters. The Labute approximate surface area is 211 Å². The number of carboxylic acids is 1. The molecule has 174 valence electrons. The predicted molar refractivity (Wildman–Crippen MR) is 134 cm³/mol. The van der Waals surface area contributed by atoms with Gasteiger partial charge in [0.2, 0.25) is 0 Å². The second kappa shape index (κ2) is 9.12. The molecule has 0 saturated carbocycles.